The van der Waals surface area contributed by atoms with Crippen LogP contribution < -0.4 is 10.7 Å². The standard InChI is InChI=1S/C15H18N6O/c1-12(22)15(11-17)5-2-8-21(15)20-7-6-18-14-4-3-13(9-16)10-19-14/h3-4,10,20H,2,5-8H2,1H3,(H,18,19)/t15-/m0/s1. The molecule has 1 saturated heterocycles. The number of rotatable bonds is 6. The van der Waals surface area contributed by atoms with E-state index in [0.717, 1.165) is 6.42 Å². The highest BCUT2D eigenvalue weighted by Crippen LogP contribution is 2.27. The molecule has 1 fully saturated rings. The molecular weight excluding hydrogens is 280 g/mol. The van der Waals surface area contributed by atoms with Crippen LogP contribution in [0.5, 0.6) is 0 Å². The van der Waals surface area contributed by atoms with Crippen molar-refractivity contribution in [3.63, 3.8) is 0 Å². The molecule has 0 bridgehead atoms. The van der Waals surface area contributed by atoms with Gasteiger partial charge in [0.15, 0.2) is 11.3 Å². The molecule has 1 atom stereocenters. The summed E-state index contributed by atoms with van der Waals surface area (Å²) < 4.78 is 0. The summed E-state index contributed by atoms with van der Waals surface area (Å²) in [4.78, 5) is 15.9. The smallest absolute Gasteiger partial charge is 0.179 e. The van der Waals surface area contributed by atoms with Crippen LogP contribution in [0.2, 0.25) is 0 Å². The van der Waals surface area contributed by atoms with Gasteiger partial charge in [-0.2, -0.15) is 10.5 Å². The van der Waals surface area contributed by atoms with E-state index in [1.807, 2.05) is 6.07 Å². The predicted molar refractivity (Wildman–Crippen MR) is 80.4 cm³/mol. The van der Waals surface area contributed by atoms with Crippen LogP contribution in [-0.2, 0) is 4.79 Å². The van der Waals surface area contributed by atoms with Crippen molar-refractivity contribution >= 4 is 11.6 Å². The highest BCUT2D eigenvalue weighted by Gasteiger charge is 2.45. The number of nitrogens with one attached hydrogen (secondary N) is 2. The average Bonchev–Trinajstić information content (AvgIpc) is 2.96. The van der Waals surface area contributed by atoms with Crippen molar-refractivity contribution in [1.29, 1.82) is 10.5 Å². The number of carbonyl (C=O) groups excluding carboxylic acids is 1. The number of nitriles is 2. The van der Waals surface area contributed by atoms with Gasteiger partial charge in [-0.25, -0.2) is 9.99 Å². The van der Waals surface area contributed by atoms with Gasteiger partial charge in [-0.3, -0.25) is 10.2 Å². The summed E-state index contributed by atoms with van der Waals surface area (Å²) in [6.07, 6.45) is 2.90. The molecule has 0 unspecified atom stereocenters. The Kier molecular flexibility index (Phi) is 5.05. The van der Waals surface area contributed by atoms with Crippen molar-refractivity contribution in [2.24, 2.45) is 0 Å². The Morgan fingerprint density at radius 1 is 1.45 bits per heavy atom. The van der Waals surface area contributed by atoms with Gasteiger partial charge in [-0.15, -0.1) is 0 Å². The van der Waals surface area contributed by atoms with Crippen LogP contribution in [0.1, 0.15) is 25.3 Å². The van der Waals surface area contributed by atoms with Gasteiger partial charge in [-0.05, 0) is 31.9 Å². The molecule has 0 radical (unpaired) electrons. The molecule has 0 aliphatic carbocycles. The Bertz CT molecular complexity index is 614. The maximum atomic E-state index is 11.8. The van der Waals surface area contributed by atoms with E-state index in [1.165, 1.54) is 13.1 Å². The summed E-state index contributed by atoms with van der Waals surface area (Å²) >= 11 is 0. The minimum atomic E-state index is -1.04. The number of carbonyl (C=O) groups is 1. The lowest BCUT2D eigenvalue weighted by atomic mass is 9.94. The second-order valence-corrected chi connectivity index (χ2v) is 5.16. The molecule has 7 heteroatoms. The first-order valence-electron chi connectivity index (χ1n) is 7.16. The topological polar surface area (TPSA) is 105 Å². The molecule has 0 saturated carbocycles. The molecule has 2 N–H and O–H groups in total. The zero-order chi connectivity index (χ0) is 16.0. The van der Waals surface area contributed by atoms with E-state index in [2.05, 4.69) is 21.8 Å². The third-order valence-corrected chi connectivity index (χ3v) is 3.77. The van der Waals surface area contributed by atoms with E-state index in [1.54, 1.807) is 17.1 Å². The molecule has 22 heavy (non-hydrogen) atoms. The zero-order valence-electron chi connectivity index (χ0n) is 12.5. The predicted octanol–water partition coefficient (Wildman–Crippen LogP) is 0.817. The van der Waals surface area contributed by atoms with Gasteiger partial charge in [-0.1, -0.05) is 0 Å². The lowest BCUT2D eigenvalue weighted by molar-refractivity contribution is -0.125. The van der Waals surface area contributed by atoms with Gasteiger partial charge in [0.2, 0.25) is 0 Å². The summed E-state index contributed by atoms with van der Waals surface area (Å²) in [7, 11) is 0. The second kappa shape index (κ2) is 6.99. The molecule has 2 heterocycles. The van der Waals surface area contributed by atoms with E-state index in [0.29, 0.717) is 37.4 Å². The SMILES string of the molecule is CC(=O)[C@@]1(C#N)CCCN1NCCNc1ccc(C#N)cn1. The summed E-state index contributed by atoms with van der Waals surface area (Å²) in [6, 6.07) is 7.60. The Hall–Kier alpha value is -2.48. The highest BCUT2D eigenvalue weighted by molar-refractivity contribution is 5.89. The number of Topliss-reactive ketones (excluding diaryl/α,β-unsaturated/α-hetero) is 1. The number of hydrogen-bond acceptors (Lipinski definition) is 7. The van der Waals surface area contributed by atoms with Crippen LogP contribution in [0.15, 0.2) is 18.3 Å². The van der Waals surface area contributed by atoms with Crippen molar-refractivity contribution < 1.29 is 4.79 Å². The van der Waals surface area contributed by atoms with Gasteiger partial charge in [0.05, 0.1) is 11.6 Å². The van der Waals surface area contributed by atoms with Crippen LogP contribution in [0.25, 0.3) is 0 Å². The molecule has 2 rings (SSSR count). The summed E-state index contributed by atoms with van der Waals surface area (Å²) in [6.45, 7) is 3.30. The first kappa shape index (κ1) is 15.9. The maximum absolute atomic E-state index is 11.8. The van der Waals surface area contributed by atoms with Gasteiger partial charge in [0.1, 0.15) is 11.9 Å². The normalized spacial score (nSPS) is 21.0. The third kappa shape index (κ3) is 3.22. The molecular formula is C15H18N6O. The van der Waals surface area contributed by atoms with Crippen molar-refractivity contribution in [2.75, 3.05) is 25.0 Å². The van der Waals surface area contributed by atoms with E-state index in [4.69, 9.17) is 5.26 Å². The number of hydrogen-bond donors (Lipinski definition) is 2. The number of hydrazine groups is 1. The van der Waals surface area contributed by atoms with Crippen LogP contribution in [0.4, 0.5) is 5.82 Å². The molecule has 0 spiro atoms. The van der Waals surface area contributed by atoms with Crippen molar-refractivity contribution in [3.05, 3.63) is 23.9 Å². The lowest BCUT2D eigenvalue weighted by Crippen LogP contribution is -2.55. The number of ketones is 1. The minimum absolute atomic E-state index is 0.123. The van der Waals surface area contributed by atoms with Crippen LogP contribution in [0, 0.1) is 22.7 Å². The highest BCUT2D eigenvalue weighted by atomic mass is 16.1. The quantitative estimate of drug-likeness (QED) is 0.749. The summed E-state index contributed by atoms with van der Waals surface area (Å²) in [5.74, 6) is 0.557. The van der Waals surface area contributed by atoms with Gasteiger partial charge in [0.25, 0.3) is 0 Å². The van der Waals surface area contributed by atoms with Crippen molar-refractivity contribution in [1.82, 2.24) is 15.4 Å². The number of nitrogens with zero attached hydrogens (tertiary/aromatic N) is 4. The molecule has 1 aliphatic rings. The fraction of sp³-hybridized carbons (Fsp3) is 0.467. The summed E-state index contributed by atoms with van der Waals surface area (Å²) in [5, 5.41) is 22.9. The molecule has 1 aliphatic heterocycles. The number of pyridine rings is 1. The first-order valence-corrected chi connectivity index (χ1v) is 7.16. The van der Waals surface area contributed by atoms with E-state index < -0.39 is 5.54 Å². The molecule has 1 aromatic rings. The second-order valence-electron chi connectivity index (χ2n) is 5.16. The number of anilines is 1. The Balaban J connectivity index is 1.82. The zero-order valence-corrected chi connectivity index (χ0v) is 12.5. The Morgan fingerprint density at radius 3 is 2.86 bits per heavy atom. The van der Waals surface area contributed by atoms with E-state index in [9.17, 15) is 10.1 Å². The van der Waals surface area contributed by atoms with Gasteiger partial charge >= 0.3 is 0 Å². The van der Waals surface area contributed by atoms with Gasteiger partial charge in [0, 0.05) is 25.8 Å². The van der Waals surface area contributed by atoms with Crippen molar-refractivity contribution in [3.8, 4) is 12.1 Å². The molecule has 0 amide bonds. The number of aromatic nitrogens is 1. The average molecular weight is 298 g/mol. The molecule has 7 nitrogen and oxygen atoms in total. The van der Waals surface area contributed by atoms with Crippen LogP contribution in [-0.4, -0.2) is 40.9 Å². The molecule has 0 aromatic carbocycles. The van der Waals surface area contributed by atoms with Crippen LogP contribution >= 0.6 is 0 Å². The third-order valence-electron chi connectivity index (χ3n) is 3.77. The first-order chi connectivity index (χ1) is 10.6. The largest absolute Gasteiger partial charge is 0.369 e. The fourth-order valence-electron chi connectivity index (χ4n) is 2.54. The van der Waals surface area contributed by atoms with E-state index >= 15 is 0 Å². The monoisotopic (exact) mass is 298 g/mol. The Labute approximate surface area is 129 Å². The molecule has 1 aromatic heterocycles. The van der Waals surface area contributed by atoms with Crippen LogP contribution in [0.3, 0.4) is 0 Å². The minimum Gasteiger partial charge on any atom is -0.369 e. The lowest BCUT2D eigenvalue weighted by Gasteiger charge is -2.30. The fourth-order valence-corrected chi connectivity index (χ4v) is 2.54. The Morgan fingerprint density at radius 2 is 2.27 bits per heavy atom. The van der Waals surface area contributed by atoms with E-state index in [-0.39, 0.29) is 5.78 Å². The molecule has 114 valence electrons. The van der Waals surface area contributed by atoms with Gasteiger partial charge < -0.3 is 5.32 Å². The van der Waals surface area contributed by atoms with Crippen molar-refractivity contribution in [2.45, 2.75) is 25.3 Å². The summed E-state index contributed by atoms with van der Waals surface area (Å²) in [5.41, 5.74) is 2.62. The maximum Gasteiger partial charge on any atom is 0.179 e.